The standard InChI is InChI=1S/C35H25NOS/c37-32-17-9-10-23-22-24(20-21-25(23)32)36-30-15-5-1-11-26(30)35(27-12-2-6-16-31(27)36)28-13-3-7-18-33(28)38-34-19-8-4-14-29(34)35/h1-8,11-16,18-22H,9-10,17H2. The van der Waals surface area contributed by atoms with E-state index < -0.39 is 5.41 Å². The minimum absolute atomic E-state index is 0.268. The lowest BCUT2D eigenvalue weighted by molar-refractivity contribution is 0.0972. The number of hydrogen-bond donors (Lipinski definition) is 0. The lowest BCUT2D eigenvalue weighted by Gasteiger charge is -2.49. The van der Waals surface area contributed by atoms with Crippen LogP contribution < -0.4 is 4.90 Å². The number of carbonyl (C=O) groups excluding carboxylic acids is 1. The van der Waals surface area contributed by atoms with Gasteiger partial charge in [0.05, 0.1) is 16.8 Å². The summed E-state index contributed by atoms with van der Waals surface area (Å²) < 4.78 is 0. The van der Waals surface area contributed by atoms with Crippen LogP contribution in [-0.4, -0.2) is 5.78 Å². The molecule has 0 saturated heterocycles. The van der Waals surface area contributed by atoms with Crippen molar-refractivity contribution in [1.29, 1.82) is 0 Å². The Bertz CT molecular complexity index is 1680. The van der Waals surface area contributed by atoms with E-state index in [0.29, 0.717) is 6.42 Å². The monoisotopic (exact) mass is 507 g/mol. The first kappa shape index (κ1) is 22.0. The third kappa shape index (κ3) is 2.88. The van der Waals surface area contributed by atoms with E-state index in [1.54, 1.807) is 0 Å². The molecule has 1 spiro atoms. The largest absolute Gasteiger partial charge is 0.310 e. The molecule has 38 heavy (non-hydrogen) atoms. The van der Waals surface area contributed by atoms with E-state index in [1.807, 2.05) is 17.8 Å². The Morgan fingerprint density at radius 1 is 0.605 bits per heavy atom. The SMILES string of the molecule is O=C1CCCc2cc(N3c4ccccc4C4(c5ccccc5Sc5ccccc54)c4ccccc43)ccc21. The Hall–Kier alpha value is -4.08. The Balaban J connectivity index is 1.47. The molecule has 0 unspecified atom stereocenters. The van der Waals surface area contributed by atoms with Crippen LogP contribution >= 0.6 is 11.8 Å². The summed E-state index contributed by atoms with van der Waals surface area (Å²) in [7, 11) is 0. The first-order valence-corrected chi connectivity index (χ1v) is 14.1. The van der Waals surface area contributed by atoms with Gasteiger partial charge in [-0.25, -0.2) is 0 Å². The molecule has 2 aliphatic heterocycles. The lowest BCUT2D eigenvalue weighted by Crippen LogP contribution is -2.39. The highest BCUT2D eigenvalue weighted by Crippen LogP contribution is 2.62. The number of Topliss-reactive ketones (excluding diaryl/α,β-unsaturated/α-hetero) is 1. The summed E-state index contributed by atoms with van der Waals surface area (Å²) in [5, 5.41) is 0. The maximum absolute atomic E-state index is 12.6. The maximum atomic E-state index is 12.6. The van der Waals surface area contributed by atoms with Gasteiger partial charge in [0.1, 0.15) is 0 Å². The summed E-state index contributed by atoms with van der Waals surface area (Å²) in [5.41, 5.74) is 10.3. The predicted molar refractivity (Wildman–Crippen MR) is 154 cm³/mol. The fraction of sp³-hybridized carbons (Fsp3) is 0.114. The highest BCUT2D eigenvalue weighted by molar-refractivity contribution is 7.99. The van der Waals surface area contributed by atoms with Crippen molar-refractivity contribution >= 4 is 34.6 Å². The van der Waals surface area contributed by atoms with Gasteiger partial charge in [0.25, 0.3) is 0 Å². The van der Waals surface area contributed by atoms with Gasteiger partial charge in [0.2, 0.25) is 0 Å². The first-order chi connectivity index (χ1) is 18.8. The number of nitrogens with zero attached hydrogens (tertiary/aromatic N) is 1. The number of benzene rings is 5. The van der Waals surface area contributed by atoms with Crippen molar-refractivity contribution in [2.24, 2.45) is 0 Å². The zero-order chi connectivity index (χ0) is 25.3. The second-order valence-electron chi connectivity index (χ2n) is 10.3. The van der Waals surface area contributed by atoms with Crippen molar-refractivity contribution in [3.63, 3.8) is 0 Å². The number of aryl methyl sites for hydroxylation is 1. The van der Waals surface area contributed by atoms with E-state index in [4.69, 9.17) is 0 Å². The molecule has 0 N–H and O–H groups in total. The van der Waals surface area contributed by atoms with Gasteiger partial charge < -0.3 is 4.90 Å². The molecular formula is C35H25NOS. The van der Waals surface area contributed by atoms with Crippen molar-refractivity contribution < 1.29 is 4.79 Å². The molecule has 1 aliphatic carbocycles. The van der Waals surface area contributed by atoms with Crippen LogP contribution in [-0.2, 0) is 11.8 Å². The van der Waals surface area contributed by atoms with Gasteiger partial charge in [-0.3, -0.25) is 4.79 Å². The molecule has 0 bridgehead atoms. The lowest BCUT2D eigenvalue weighted by atomic mass is 9.62. The van der Waals surface area contributed by atoms with E-state index in [2.05, 4.69) is 114 Å². The van der Waals surface area contributed by atoms with Crippen LogP contribution in [0.15, 0.2) is 125 Å². The number of rotatable bonds is 1. The van der Waals surface area contributed by atoms with Gasteiger partial charge in [-0.1, -0.05) is 84.6 Å². The quantitative estimate of drug-likeness (QED) is 0.221. The number of ketones is 1. The smallest absolute Gasteiger partial charge is 0.163 e. The normalized spacial score (nSPS) is 16.2. The van der Waals surface area contributed by atoms with Crippen molar-refractivity contribution in [3.05, 3.63) is 149 Å². The third-order valence-electron chi connectivity index (χ3n) is 8.40. The van der Waals surface area contributed by atoms with E-state index in [1.165, 1.54) is 49.0 Å². The van der Waals surface area contributed by atoms with Crippen LogP contribution in [0.25, 0.3) is 0 Å². The number of hydrogen-bond acceptors (Lipinski definition) is 3. The number of para-hydroxylation sites is 2. The van der Waals surface area contributed by atoms with Crippen LogP contribution in [0.1, 0.15) is 51.0 Å². The van der Waals surface area contributed by atoms with E-state index in [-0.39, 0.29) is 5.78 Å². The average Bonchev–Trinajstić information content (AvgIpc) is 2.97. The Kier molecular flexibility index (Phi) is 4.74. The van der Waals surface area contributed by atoms with Crippen LogP contribution in [0.5, 0.6) is 0 Å². The molecule has 5 aromatic rings. The van der Waals surface area contributed by atoms with Gasteiger partial charge in [-0.2, -0.15) is 0 Å². The number of anilines is 3. The van der Waals surface area contributed by atoms with Crippen molar-refractivity contribution in [2.75, 3.05) is 4.90 Å². The predicted octanol–water partition coefficient (Wildman–Crippen LogP) is 8.84. The molecule has 0 amide bonds. The minimum atomic E-state index is -0.424. The van der Waals surface area contributed by atoms with Crippen LogP contribution in [0.2, 0.25) is 0 Å². The van der Waals surface area contributed by atoms with Gasteiger partial charge in [-0.15, -0.1) is 0 Å². The zero-order valence-corrected chi connectivity index (χ0v) is 21.7. The molecule has 8 rings (SSSR count). The van der Waals surface area contributed by atoms with Crippen LogP contribution in [0.4, 0.5) is 17.1 Å². The Morgan fingerprint density at radius 3 is 1.79 bits per heavy atom. The molecule has 2 nitrogen and oxygen atoms in total. The summed E-state index contributed by atoms with van der Waals surface area (Å²) in [4.78, 5) is 17.6. The van der Waals surface area contributed by atoms with E-state index >= 15 is 0 Å². The molecule has 3 aliphatic rings. The van der Waals surface area contributed by atoms with E-state index in [0.717, 1.165) is 24.1 Å². The molecule has 0 radical (unpaired) electrons. The molecule has 3 heteroatoms. The second kappa shape index (κ2) is 8.21. The van der Waals surface area contributed by atoms with Crippen molar-refractivity contribution in [1.82, 2.24) is 0 Å². The topological polar surface area (TPSA) is 20.3 Å². The fourth-order valence-corrected chi connectivity index (χ4v) is 8.06. The maximum Gasteiger partial charge on any atom is 0.163 e. The summed E-state index contributed by atoms with van der Waals surface area (Å²) in [5.74, 6) is 0.268. The highest BCUT2D eigenvalue weighted by Gasteiger charge is 2.50. The summed E-state index contributed by atoms with van der Waals surface area (Å²) in [6.45, 7) is 0. The fourth-order valence-electron chi connectivity index (χ4n) is 6.87. The van der Waals surface area contributed by atoms with Crippen molar-refractivity contribution in [2.45, 2.75) is 34.5 Å². The highest BCUT2D eigenvalue weighted by atomic mass is 32.2. The molecule has 5 aromatic carbocycles. The molecule has 0 fully saturated rings. The first-order valence-electron chi connectivity index (χ1n) is 13.3. The van der Waals surface area contributed by atoms with Crippen molar-refractivity contribution in [3.8, 4) is 0 Å². The van der Waals surface area contributed by atoms with Gasteiger partial charge in [-0.05, 0) is 83.1 Å². The molecule has 0 saturated carbocycles. The molecule has 182 valence electrons. The number of carbonyl (C=O) groups is 1. The third-order valence-corrected chi connectivity index (χ3v) is 9.55. The summed E-state index contributed by atoms with van der Waals surface area (Å²) in [6.07, 6.45) is 2.53. The summed E-state index contributed by atoms with van der Waals surface area (Å²) >= 11 is 1.87. The van der Waals surface area contributed by atoms with Crippen LogP contribution in [0, 0.1) is 0 Å². The average molecular weight is 508 g/mol. The molecule has 2 heterocycles. The Labute approximate surface area is 227 Å². The summed E-state index contributed by atoms with van der Waals surface area (Å²) in [6, 6.07) is 42.0. The van der Waals surface area contributed by atoms with Gasteiger partial charge >= 0.3 is 0 Å². The van der Waals surface area contributed by atoms with Crippen LogP contribution in [0.3, 0.4) is 0 Å². The molecule has 0 aromatic heterocycles. The zero-order valence-electron chi connectivity index (χ0n) is 20.9. The molecule has 0 atom stereocenters. The number of fused-ring (bicyclic) bond motifs is 9. The Morgan fingerprint density at radius 2 is 1.16 bits per heavy atom. The van der Waals surface area contributed by atoms with Gasteiger partial charge in [0, 0.05) is 27.5 Å². The molecular weight excluding hydrogens is 482 g/mol. The second-order valence-corrected chi connectivity index (χ2v) is 11.4. The minimum Gasteiger partial charge on any atom is -0.310 e. The van der Waals surface area contributed by atoms with Gasteiger partial charge in [0.15, 0.2) is 5.78 Å². The van der Waals surface area contributed by atoms with E-state index in [9.17, 15) is 4.79 Å².